The molecule has 0 radical (unpaired) electrons. The molecule has 104 valence electrons. The number of hydrogen-bond acceptors (Lipinski definition) is 3. The summed E-state index contributed by atoms with van der Waals surface area (Å²) in [5.74, 6) is -1.04. The summed E-state index contributed by atoms with van der Waals surface area (Å²) in [6, 6.07) is 8.91. The molecule has 1 rings (SSSR count). The van der Waals surface area contributed by atoms with E-state index in [9.17, 15) is 9.59 Å². The number of carboxylic acid groups (broad SMARTS) is 1. The highest BCUT2D eigenvalue weighted by Crippen LogP contribution is 2.04. The average Bonchev–Trinajstić information content (AvgIpc) is 2.45. The summed E-state index contributed by atoms with van der Waals surface area (Å²) in [4.78, 5) is 21.8. The van der Waals surface area contributed by atoms with Crippen LogP contribution in [0.15, 0.2) is 30.3 Å². The Morgan fingerprint density at radius 1 is 1.25 bits per heavy atom. The lowest BCUT2D eigenvalue weighted by Crippen LogP contribution is -2.22. The normalized spacial score (nSPS) is 10.2. The van der Waals surface area contributed by atoms with E-state index in [1.54, 1.807) is 30.3 Å². The first-order valence-corrected chi connectivity index (χ1v) is 6.29. The Kier molecular flexibility index (Phi) is 6.55. The number of nitrogens with one attached hydrogen (secondary N) is 1. The summed E-state index contributed by atoms with van der Waals surface area (Å²) in [6.07, 6.45) is 4.39. The molecule has 5 nitrogen and oxygen atoms in total. The van der Waals surface area contributed by atoms with E-state index in [0.717, 1.165) is 5.56 Å². The van der Waals surface area contributed by atoms with E-state index >= 15 is 0 Å². The van der Waals surface area contributed by atoms with Gasteiger partial charge in [0.15, 0.2) is 0 Å². The number of carbonyl (C=O) groups excluding carboxylic acids is 1. The third-order valence-electron chi connectivity index (χ3n) is 2.58. The molecule has 0 spiro atoms. The van der Waals surface area contributed by atoms with Gasteiger partial charge in [0, 0.05) is 19.0 Å². The molecule has 0 saturated carbocycles. The predicted molar refractivity (Wildman–Crippen MR) is 74.7 cm³/mol. The van der Waals surface area contributed by atoms with Gasteiger partial charge < -0.3 is 10.4 Å². The Labute approximate surface area is 117 Å². The minimum Gasteiger partial charge on any atom is -0.481 e. The van der Waals surface area contributed by atoms with Crippen LogP contribution in [-0.2, 0) is 9.59 Å². The van der Waals surface area contributed by atoms with Crippen LogP contribution < -0.4 is 5.32 Å². The Hall–Kier alpha value is -2.61. The summed E-state index contributed by atoms with van der Waals surface area (Å²) in [7, 11) is 0. The Bertz CT molecular complexity index is 527. The fraction of sp³-hybridized carbons (Fsp3) is 0.267. The van der Waals surface area contributed by atoms with Crippen LogP contribution in [0.25, 0.3) is 6.08 Å². The number of nitrogens with zero attached hydrogens (tertiary/aromatic N) is 1. The summed E-state index contributed by atoms with van der Waals surface area (Å²) in [5, 5.41) is 19.8. The Morgan fingerprint density at radius 3 is 2.55 bits per heavy atom. The highest BCUT2D eigenvalue weighted by Gasteiger charge is 1.98. The first-order chi connectivity index (χ1) is 9.61. The van der Waals surface area contributed by atoms with Crippen molar-refractivity contribution in [3.05, 3.63) is 41.5 Å². The second-order valence-corrected chi connectivity index (χ2v) is 4.21. The van der Waals surface area contributed by atoms with Crippen LogP contribution in [0.5, 0.6) is 0 Å². The minimum atomic E-state index is -0.822. The van der Waals surface area contributed by atoms with Gasteiger partial charge in [-0.1, -0.05) is 12.1 Å². The number of aliphatic carboxylic acids is 1. The molecule has 0 aliphatic heterocycles. The molecule has 0 heterocycles. The number of hydrogen-bond donors (Lipinski definition) is 2. The fourth-order valence-corrected chi connectivity index (χ4v) is 1.51. The summed E-state index contributed by atoms with van der Waals surface area (Å²) >= 11 is 0. The van der Waals surface area contributed by atoms with Crippen molar-refractivity contribution in [3.63, 3.8) is 0 Å². The van der Waals surface area contributed by atoms with E-state index in [-0.39, 0.29) is 12.3 Å². The van der Waals surface area contributed by atoms with Gasteiger partial charge in [0.1, 0.15) is 0 Å². The first kappa shape index (κ1) is 15.4. The SMILES string of the molecule is N#Cc1ccc(C=CC(=O)NCCCCC(=O)O)cc1. The molecule has 0 atom stereocenters. The summed E-state index contributed by atoms with van der Waals surface area (Å²) < 4.78 is 0. The van der Waals surface area contributed by atoms with Crippen LogP contribution in [0.4, 0.5) is 0 Å². The van der Waals surface area contributed by atoms with Gasteiger partial charge in [0.25, 0.3) is 0 Å². The predicted octanol–water partition coefficient (Wildman–Crippen LogP) is 1.94. The van der Waals surface area contributed by atoms with Crippen molar-refractivity contribution >= 4 is 18.0 Å². The molecule has 0 aromatic heterocycles. The topological polar surface area (TPSA) is 90.2 Å². The van der Waals surface area contributed by atoms with Crippen molar-refractivity contribution in [3.8, 4) is 6.07 Å². The standard InChI is InChI=1S/C15H16N2O3/c16-11-13-6-4-12(5-7-13)8-9-14(18)17-10-2-1-3-15(19)20/h4-9H,1-3,10H2,(H,17,18)(H,19,20). The molecule has 0 saturated heterocycles. The zero-order chi connectivity index (χ0) is 14.8. The molecule has 20 heavy (non-hydrogen) atoms. The molecule has 0 aliphatic rings. The molecule has 0 aliphatic carbocycles. The van der Waals surface area contributed by atoms with Crippen molar-refractivity contribution in [2.75, 3.05) is 6.54 Å². The summed E-state index contributed by atoms with van der Waals surface area (Å²) in [5.41, 5.74) is 1.41. The van der Waals surface area contributed by atoms with E-state index in [4.69, 9.17) is 10.4 Å². The number of rotatable bonds is 7. The van der Waals surface area contributed by atoms with Crippen molar-refractivity contribution < 1.29 is 14.7 Å². The molecular weight excluding hydrogens is 256 g/mol. The third kappa shape index (κ3) is 6.36. The molecule has 0 fully saturated rings. The zero-order valence-electron chi connectivity index (χ0n) is 11.0. The maximum absolute atomic E-state index is 11.5. The van der Waals surface area contributed by atoms with Gasteiger partial charge >= 0.3 is 5.97 Å². The second kappa shape index (κ2) is 8.48. The molecule has 2 N–H and O–H groups in total. The van der Waals surface area contributed by atoms with E-state index in [2.05, 4.69) is 5.32 Å². The van der Waals surface area contributed by atoms with Crippen LogP contribution in [0.3, 0.4) is 0 Å². The van der Waals surface area contributed by atoms with Crippen LogP contribution in [0.1, 0.15) is 30.4 Å². The fourth-order valence-electron chi connectivity index (χ4n) is 1.51. The number of benzene rings is 1. The monoisotopic (exact) mass is 272 g/mol. The van der Waals surface area contributed by atoms with E-state index in [1.165, 1.54) is 6.08 Å². The van der Waals surface area contributed by atoms with Crippen molar-refractivity contribution in [1.82, 2.24) is 5.32 Å². The van der Waals surface area contributed by atoms with Crippen molar-refractivity contribution in [1.29, 1.82) is 5.26 Å². The zero-order valence-corrected chi connectivity index (χ0v) is 11.0. The van der Waals surface area contributed by atoms with E-state index in [1.807, 2.05) is 6.07 Å². The largest absolute Gasteiger partial charge is 0.481 e. The third-order valence-corrected chi connectivity index (χ3v) is 2.58. The van der Waals surface area contributed by atoms with Gasteiger partial charge in [-0.25, -0.2) is 0 Å². The molecule has 1 amide bonds. The highest BCUT2D eigenvalue weighted by molar-refractivity contribution is 5.91. The molecular formula is C15H16N2O3. The Morgan fingerprint density at radius 2 is 1.95 bits per heavy atom. The Balaban J connectivity index is 2.29. The molecule has 0 unspecified atom stereocenters. The van der Waals surface area contributed by atoms with E-state index < -0.39 is 5.97 Å². The van der Waals surface area contributed by atoms with Gasteiger partial charge in [0.2, 0.25) is 5.91 Å². The minimum absolute atomic E-state index is 0.122. The molecule has 1 aromatic rings. The number of amides is 1. The van der Waals surface area contributed by atoms with Gasteiger partial charge in [-0.2, -0.15) is 5.26 Å². The summed E-state index contributed by atoms with van der Waals surface area (Å²) in [6.45, 7) is 0.462. The van der Waals surface area contributed by atoms with Crippen LogP contribution >= 0.6 is 0 Å². The van der Waals surface area contributed by atoms with Crippen LogP contribution in [0.2, 0.25) is 0 Å². The maximum atomic E-state index is 11.5. The molecule has 0 bridgehead atoms. The van der Waals surface area contributed by atoms with Crippen LogP contribution in [-0.4, -0.2) is 23.5 Å². The smallest absolute Gasteiger partial charge is 0.303 e. The van der Waals surface area contributed by atoms with Gasteiger partial charge in [-0.15, -0.1) is 0 Å². The quantitative estimate of drug-likeness (QED) is 0.586. The second-order valence-electron chi connectivity index (χ2n) is 4.21. The lowest BCUT2D eigenvalue weighted by atomic mass is 10.1. The van der Waals surface area contributed by atoms with Gasteiger partial charge in [-0.3, -0.25) is 9.59 Å². The lowest BCUT2D eigenvalue weighted by Gasteiger charge is -2.00. The van der Waals surface area contributed by atoms with Crippen molar-refractivity contribution in [2.24, 2.45) is 0 Å². The number of carbonyl (C=O) groups is 2. The van der Waals surface area contributed by atoms with Gasteiger partial charge in [-0.05, 0) is 36.6 Å². The molecule has 5 heteroatoms. The lowest BCUT2D eigenvalue weighted by molar-refractivity contribution is -0.137. The number of carboxylic acids is 1. The van der Waals surface area contributed by atoms with Crippen LogP contribution in [0, 0.1) is 11.3 Å². The maximum Gasteiger partial charge on any atom is 0.303 e. The van der Waals surface area contributed by atoms with Gasteiger partial charge in [0.05, 0.1) is 11.6 Å². The highest BCUT2D eigenvalue weighted by atomic mass is 16.4. The first-order valence-electron chi connectivity index (χ1n) is 6.29. The van der Waals surface area contributed by atoms with E-state index in [0.29, 0.717) is 24.9 Å². The molecule has 1 aromatic carbocycles. The number of nitriles is 1. The average molecular weight is 272 g/mol. The number of unbranched alkanes of at least 4 members (excludes halogenated alkanes) is 1. The van der Waals surface area contributed by atoms with Crippen molar-refractivity contribution in [2.45, 2.75) is 19.3 Å².